The van der Waals surface area contributed by atoms with Crippen LogP contribution in [-0.4, -0.2) is 50.0 Å². The number of ether oxygens (including phenoxy) is 1. The van der Waals surface area contributed by atoms with Gasteiger partial charge in [-0.05, 0) is 81.0 Å². The summed E-state index contributed by atoms with van der Waals surface area (Å²) in [5.74, 6) is -0.473. The molecule has 43 heavy (non-hydrogen) atoms. The number of aromatic amines is 2. The number of aromatic nitrogens is 4. The highest BCUT2D eigenvalue weighted by Crippen LogP contribution is 2.47. The second kappa shape index (κ2) is 10.5. The van der Waals surface area contributed by atoms with Crippen molar-refractivity contribution in [3.8, 4) is 0 Å². The molecule has 0 unspecified atom stereocenters. The summed E-state index contributed by atoms with van der Waals surface area (Å²) in [5.41, 5.74) is 13.0. The van der Waals surface area contributed by atoms with E-state index >= 15 is 0 Å². The van der Waals surface area contributed by atoms with Crippen LogP contribution in [-0.2, 0) is 9.53 Å². The van der Waals surface area contributed by atoms with Crippen LogP contribution >= 0.6 is 0 Å². The highest BCUT2D eigenvalue weighted by Gasteiger charge is 2.37. The van der Waals surface area contributed by atoms with E-state index in [-0.39, 0.29) is 30.0 Å². The number of esters is 1. The van der Waals surface area contributed by atoms with E-state index in [4.69, 9.17) is 14.7 Å². The van der Waals surface area contributed by atoms with Gasteiger partial charge in [-0.25, -0.2) is 9.97 Å². The first-order chi connectivity index (χ1) is 20.5. The minimum atomic E-state index is -0.717. The van der Waals surface area contributed by atoms with Crippen LogP contribution in [0.4, 0.5) is 0 Å². The second-order valence-electron chi connectivity index (χ2n) is 12.0. The molecule has 3 aliphatic heterocycles. The lowest BCUT2D eigenvalue weighted by Gasteiger charge is -2.17. The molecule has 3 atom stereocenters. The van der Waals surface area contributed by atoms with Crippen LogP contribution in [0, 0.1) is 6.92 Å². The Bertz CT molecular complexity index is 1880. The Morgan fingerprint density at radius 1 is 1.05 bits per heavy atom. The minimum absolute atomic E-state index is 0.0105. The molecule has 5 heterocycles. The molecular formula is C35H38N4O4. The average molecular weight is 579 g/mol. The fourth-order valence-corrected chi connectivity index (χ4v) is 7.08. The number of carbonyl (C=O) groups is 2. The van der Waals surface area contributed by atoms with E-state index < -0.39 is 6.10 Å². The van der Waals surface area contributed by atoms with Gasteiger partial charge in [0, 0.05) is 51.9 Å². The van der Waals surface area contributed by atoms with Crippen LogP contribution in [0.5, 0.6) is 0 Å². The fraction of sp³-hybridized carbons (Fsp3) is 0.371. The topological polar surface area (TPSA) is 121 Å². The first-order valence-corrected chi connectivity index (χ1v) is 14.9. The van der Waals surface area contributed by atoms with E-state index in [2.05, 4.69) is 37.3 Å². The normalized spacial score (nSPS) is 19.3. The number of nitrogens with zero attached hydrogens (tertiary/aromatic N) is 2. The maximum atomic E-state index is 13.7. The number of nitrogens with one attached hydrogen (secondary N) is 2. The van der Waals surface area contributed by atoms with Crippen molar-refractivity contribution in [2.45, 2.75) is 78.7 Å². The SMILES string of the molecule is C=C1C(=O)c2c(C)c3cc4nc(cc5nc(cc6[nH]c(c1c2[nH]3)[C@@H](CCC(=O)OC)[C@@H]6C)C(C)=C5[C@H](C)O)C(C)=C4CC. The lowest BCUT2D eigenvalue weighted by atomic mass is 9.85. The van der Waals surface area contributed by atoms with Crippen LogP contribution in [0.2, 0.25) is 0 Å². The third-order valence-corrected chi connectivity index (χ3v) is 9.55. The molecule has 6 rings (SSSR count). The molecule has 2 aromatic heterocycles. The molecule has 8 heteroatoms. The molecule has 0 amide bonds. The average Bonchev–Trinajstić information content (AvgIpc) is 3.69. The minimum Gasteiger partial charge on any atom is -0.469 e. The Morgan fingerprint density at radius 3 is 2.42 bits per heavy atom. The maximum Gasteiger partial charge on any atom is 0.305 e. The zero-order chi connectivity index (χ0) is 30.9. The molecule has 4 aliphatic rings. The highest BCUT2D eigenvalue weighted by molar-refractivity contribution is 6.38. The Morgan fingerprint density at radius 2 is 1.74 bits per heavy atom. The van der Waals surface area contributed by atoms with Gasteiger partial charge in [-0.15, -0.1) is 0 Å². The van der Waals surface area contributed by atoms with Crippen LogP contribution in [0.15, 0.2) is 24.8 Å². The molecule has 8 nitrogen and oxygen atoms in total. The van der Waals surface area contributed by atoms with Gasteiger partial charge in [0.15, 0.2) is 5.78 Å². The molecule has 2 aromatic rings. The lowest BCUT2D eigenvalue weighted by molar-refractivity contribution is -0.140. The predicted octanol–water partition coefficient (Wildman–Crippen LogP) is 7.05. The fourth-order valence-electron chi connectivity index (χ4n) is 7.08. The van der Waals surface area contributed by atoms with Crippen molar-refractivity contribution in [3.05, 3.63) is 75.6 Å². The van der Waals surface area contributed by atoms with Crippen molar-refractivity contribution < 1.29 is 19.4 Å². The molecule has 0 spiro atoms. The Balaban J connectivity index is 1.76. The van der Waals surface area contributed by atoms with Crippen LogP contribution in [0.3, 0.4) is 0 Å². The van der Waals surface area contributed by atoms with Crippen molar-refractivity contribution >= 4 is 50.7 Å². The number of fused-ring (bicyclic) bond motifs is 8. The largest absolute Gasteiger partial charge is 0.469 e. The van der Waals surface area contributed by atoms with E-state index in [1.165, 1.54) is 7.11 Å². The molecule has 0 aromatic carbocycles. The van der Waals surface area contributed by atoms with Gasteiger partial charge in [0.2, 0.25) is 0 Å². The van der Waals surface area contributed by atoms with E-state index in [1.54, 1.807) is 6.92 Å². The Labute approximate surface area is 251 Å². The molecule has 0 fully saturated rings. The van der Waals surface area contributed by atoms with Crippen molar-refractivity contribution in [1.29, 1.82) is 0 Å². The first-order valence-electron chi connectivity index (χ1n) is 14.9. The lowest BCUT2D eigenvalue weighted by Crippen LogP contribution is -2.09. The second-order valence-corrected chi connectivity index (χ2v) is 12.0. The standard InChI is InChI=1S/C35H38N4O4/c1-9-21-15(2)23-14-28-30(20(7)40)17(4)25(37-28)12-24-16(3)22(10-11-29(41)43-8)33(38-24)31-19(6)35(42)32-18(5)26(39-34(31)32)13-27(21)36-23/h12-14,16,20,22,38-40H,6,9-11H2,1-5,7-8H3/t16-,20-,22-/m0/s1. The van der Waals surface area contributed by atoms with Gasteiger partial charge < -0.3 is 19.8 Å². The number of aryl methyl sites for hydroxylation is 1. The number of rotatable bonds is 5. The Kier molecular flexibility index (Phi) is 7.00. The smallest absolute Gasteiger partial charge is 0.305 e. The number of methoxy groups -OCH3 is 1. The predicted molar refractivity (Wildman–Crippen MR) is 170 cm³/mol. The third-order valence-electron chi connectivity index (χ3n) is 9.55. The number of ketones is 1. The van der Waals surface area contributed by atoms with Gasteiger partial charge in [0.1, 0.15) is 0 Å². The maximum absolute atomic E-state index is 13.7. The number of carbonyl (C=O) groups excluding carboxylic acids is 2. The molecular weight excluding hydrogens is 540 g/mol. The molecule has 8 bridgehead atoms. The zero-order valence-electron chi connectivity index (χ0n) is 25.9. The summed E-state index contributed by atoms with van der Waals surface area (Å²) in [4.78, 5) is 43.1. The number of allylic oxidation sites excluding steroid dienone is 4. The number of Topliss-reactive ketones (excluding diaryl/α,β-unsaturated/α-hetero) is 1. The van der Waals surface area contributed by atoms with E-state index in [1.807, 2.05) is 32.0 Å². The van der Waals surface area contributed by atoms with Crippen molar-refractivity contribution in [1.82, 2.24) is 19.9 Å². The van der Waals surface area contributed by atoms with E-state index in [9.17, 15) is 14.7 Å². The molecule has 3 N–H and O–H groups in total. The van der Waals surface area contributed by atoms with Crippen LogP contribution < -0.4 is 0 Å². The summed E-state index contributed by atoms with van der Waals surface area (Å²) in [7, 11) is 1.40. The summed E-state index contributed by atoms with van der Waals surface area (Å²) >= 11 is 0. The van der Waals surface area contributed by atoms with Gasteiger partial charge in [0.05, 0.1) is 47.1 Å². The van der Waals surface area contributed by atoms with Crippen molar-refractivity contribution in [2.75, 3.05) is 7.11 Å². The van der Waals surface area contributed by atoms with Crippen molar-refractivity contribution in [2.24, 2.45) is 0 Å². The Hall–Kier alpha value is -4.30. The number of aliphatic hydroxyl groups excluding tert-OH is 1. The van der Waals surface area contributed by atoms with E-state index in [0.29, 0.717) is 23.3 Å². The number of hydrogen-bond donors (Lipinski definition) is 3. The number of aliphatic hydroxyl groups is 1. The number of H-pyrrole nitrogens is 2. The third kappa shape index (κ3) is 4.38. The number of hydrogen-bond acceptors (Lipinski definition) is 6. The van der Waals surface area contributed by atoms with Crippen molar-refractivity contribution in [3.63, 3.8) is 0 Å². The molecule has 0 saturated carbocycles. The van der Waals surface area contributed by atoms with Gasteiger partial charge in [-0.1, -0.05) is 20.4 Å². The molecule has 1 aliphatic carbocycles. The summed E-state index contributed by atoms with van der Waals surface area (Å²) < 4.78 is 4.96. The van der Waals surface area contributed by atoms with Gasteiger partial charge in [0.25, 0.3) is 0 Å². The van der Waals surface area contributed by atoms with Crippen LogP contribution in [0.1, 0.15) is 121 Å². The summed E-state index contributed by atoms with van der Waals surface area (Å²) in [6.07, 6.45) is 0.860. The van der Waals surface area contributed by atoms with Gasteiger partial charge in [-0.3, -0.25) is 9.59 Å². The highest BCUT2D eigenvalue weighted by atomic mass is 16.5. The summed E-state index contributed by atoms with van der Waals surface area (Å²) in [6, 6.07) is 6.02. The van der Waals surface area contributed by atoms with Crippen LogP contribution in [0.25, 0.3) is 38.9 Å². The summed E-state index contributed by atoms with van der Waals surface area (Å²) in [5, 5.41) is 10.8. The van der Waals surface area contributed by atoms with Gasteiger partial charge in [-0.2, -0.15) is 0 Å². The van der Waals surface area contributed by atoms with Gasteiger partial charge >= 0.3 is 5.97 Å². The first kappa shape index (κ1) is 28.8. The molecule has 0 saturated heterocycles. The molecule has 222 valence electrons. The monoisotopic (exact) mass is 578 g/mol. The molecule has 0 radical (unpaired) electrons. The quantitative estimate of drug-likeness (QED) is 0.258. The zero-order valence-corrected chi connectivity index (χ0v) is 25.9. The van der Waals surface area contributed by atoms with E-state index in [0.717, 1.165) is 79.3 Å². The summed E-state index contributed by atoms with van der Waals surface area (Å²) in [6.45, 7) is 16.2.